The second-order valence-corrected chi connectivity index (χ2v) is 31.9. The molecule has 0 nitrogen and oxygen atoms in total. The van der Waals surface area contributed by atoms with Gasteiger partial charge >= 0.3 is 0 Å². The van der Waals surface area contributed by atoms with E-state index in [-0.39, 0.29) is 0 Å². The van der Waals surface area contributed by atoms with E-state index in [4.69, 9.17) is 0 Å². The number of hydrogen-bond acceptors (Lipinski definition) is 2. The Morgan fingerprint density at radius 1 is 0.110 bits per heavy atom. The third-order valence-corrected chi connectivity index (χ3v) is 22.6. The molecule has 118 heavy (non-hydrogen) atoms. The lowest BCUT2D eigenvalue weighted by atomic mass is 9.98. The highest BCUT2D eigenvalue weighted by Gasteiger charge is 2.08. The van der Waals surface area contributed by atoms with Crippen molar-refractivity contribution >= 4 is 63.0 Å². The highest BCUT2D eigenvalue weighted by atomic mass is 32.1. The van der Waals surface area contributed by atoms with E-state index in [9.17, 15) is 0 Å². The van der Waals surface area contributed by atoms with Gasteiger partial charge in [0, 0.05) is 40.3 Å². The minimum absolute atomic E-state index is 1.26. The summed E-state index contributed by atoms with van der Waals surface area (Å²) in [7, 11) is 0. The van der Waals surface area contributed by atoms with Gasteiger partial charge in [-0.15, -0.1) is 22.7 Å². The molecule has 20 rings (SSSR count). The largest absolute Gasteiger partial charge is 0.135 e. The fraction of sp³-hybridized carbons (Fsp3) is 0.0690. The summed E-state index contributed by atoms with van der Waals surface area (Å²) in [6.07, 6.45) is 0. The van der Waals surface area contributed by atoms with Crippen molar-refractivity contribution in [1.29, 1.82) is 0 Å². The van der Waals surface area contributed by atoms with Gasteiger partial charge in [0.15, 0.2) is 0 Å². The monoisotopic (exact) mass is 1560 g/mol. The van der Waals surface area contributed by atoms with Crippen molar-refractivity contribution in [3.63, 3.8) is 0 Å². The third-order valence-electron chi connectivity index (χ3n) is 20.3. The molecule has 20 aromatic rings. The lowest BCUT2D eigenvalue weighted by Crippen LogP contribution is -1.82. The first-order valence-electron chi connectivity index (χ1n) is 40.5. The van der Waals surface area contributed by atoms with E-state index in [1.54, 1.807) is 0 Å². The predicted octanol–water partition coefficient (Wildman–Crippen LogP) is 34.0. The first-order valence-corrected chi connectivity index (χ1v) is 42.1. The molecular weight excluding hydrogens is 1460 g/mol. The molecule has 0 aliphatic heterocycles. The third kappa shape index (κ3) is 23.8. The highest BCUT2D eigenvalue weighted by molar-refractivity contribution is 7.26. The first kappa shape index (κ1) is 82.4. The summed E-state index contributed by atoms with van der Waals surface area (Å²) in [4.78, 5) is 0. The highest BCUT2D eigenvalue weighted by Crippen LogP contribution is 2.37. The number of benzene rings is 18. The average molecular weight is 1560 g/mol. The lowest BCUT2D eigenvalue weighted by molar-refractivity contribution is 1.47. The predicted molar refractivity (Wildman–Crippen MR) is 519 cm³/mol. The molecule has 0 fully saturated rings. The van der Waals surface area contributed by atoms with Crippen LogP contribution in [0.2, 0.25) is 0 Å². The van der Waals surface area contributed by atoms with E-state index in [2.05, 4.69) is 468 Å². The van der Waals surface area contributed by atoms with Crippen LogP contribution in [0, 0.1) is 55.4 Å². The number of fused-ring (bicyclic) bond motifs is 6. The molecule has 2 heterocycles. The standard InChI is InChI=1S/3C19H16.2C13H10S.2C13H12.C7H8/c1-15-7-5-10-17(13-15)19-12-6-11-18(14-19)16-8-3-2-4-9-16;1-15-6-5-9-19(14-15)18-12-10-17(11-13-18)16-7-3-2-4-8-16;1-15-7-9-17(10-8-15)19-13-11-18(12-14-19)16-5-3-2-4-6-16;1-9-6-7-13-11(8-9)10-4-2-3-5-12(10)14-13;1-9-6-7-11-10-4-2-3-5-12(10)14-13(11)8-9;1-11-6-5-9-13(10-11)12-7-3-2-4-8-12;1-11-7-9-13(10-8-11)12-5-3-2-4-6-12;1-7-5-3-2-4-6-7/h3*2-14H,1H3;2*2-8H,1H3;2*2-10H,1H3;2-6H,1H3. The van der Waals surface area contributed by atoms with Gasteiger partial charge in [-0.25, -0.2) is 0 Å². The summed E-state index contributed by atoms with van der Waals surface area (Å²) in [5.41, 5.74) is 30.8. The van der Waals surface area contributed by atoms with Gasteiger partial charge in [0.1, 0.15) is 0 Å². The Balaban J connectivity index is 0.000000118. The van der Waals surface area contributed by atoms with Crippen molar-refractivity contribution < 1.29 is 0 Å². The Hall–Kier alpha value is -13.6. The zero-order valence-corrected chi connectivity index (χ0v) is 70.3. The van der Waals surface area contributed by atoms with Crippen LogP contribution >= 0.6 is 22.7 Å². The van der Waals surface area contributed by atoms with Crippen LogP contribution in [0.4, 0.5) is 0 Å². The molecule has 18 aromatic carbocycles. The molecule has 0 amide bonds. The van der Waals surface area contributed by atoms with E-state index in [0.717, 1.165) is 0 Å². The van der Waals surface area contributed by atoms with E-state index >= 15 is 0 Å². The fourth-order valence-corrected chi connectivity index (χ4v) is 16.2. The van der Waals surface area contributed by atoms with Gasteiger partial charge in [0.25, 0.3) is 0 Å². The SMILES string of the molecule is Cc1ccc(-c2ccc(-c3ccccc3)cc2)cc1.Cc1ccc(-c2ccccc2)cc1.Cc1ccc2c(c1)sc1ccccc12.Cc1ccc2sc3ccccc3c2c1.Cc1cccc(-c2ccc(-c3ccccc3)cc2)c1.Cc1cccc(-c2cccc(-c3ccccc3)c2)c1.Cc1cccc(-c2ccccc2)c1.Cc1ccccc1. The summed E-state index contributed by atoms with van der Waals surface area (Å²) >= 11 is 3.75. The van der Waals surface area contributed by atoms with Crippen LogP contribution < -0.4 is 0 Å². The van der Waals surface area contributed by atoms with Crippen molar-refractivity contribution in [1.82, 2.24) is 0 Å². The summed E-state index contributed by atoms with van der Waals surface area (Å²) in [6.45, 7) is 17.0. The molecule has 0 saturated carbocycles. The number of hydrogen-bond donors (Lipinski definition) is 0. The topological polar surface area (TPSA) is 0 Å². The Labute approximate surface area is 707 Å². The smallest absolute Gasteiger partial charge is 0.0358 e. The maximum absolute atomic E-state index is 2.27. The van der Waals surface area contributed by atoms with Crippen LogP contribution in [-0.2, 0) is 0 Å². The van der Waals surface area contributed by atoms with Gasteiger partial charge < -0.3 is 0 Å². The zero-order chi connectivity index (χ0) is 81.6. The molecule has 0 unspecified atom stereocenters. The van der Waals surface area contributed by atoms with E-state index < -0.39 is 0 Å². The van der Waals surface area contributed by atoms with Crippen molar-refractivity contribution in [2.24, 2.45) is 0 Å². The summed E-state index contributed by atoms with van der Waals surface area (Å²) in [6, 6.07) is 162. The van der Waals surface area contributed by atoms with Gasteiger partial charge in [-0.1, -0.05) is 464 Å². The normalized spacial score (nSPS) is 10.4. The Morgan fingerprint density at radius 3 is 0.678 bits per heavy atom. The van der Waals surface area contributed by atoms with Gasteiger partial charge in [-0.3, -0.25) is 0 Å². The van der Waals surface area contributed by atoms with E-state index in [0.29, 0.717) is 0 Å². The maximum Gasteiger partial charge on any atom is 0.0358 e. The minimum Gasteiger partial charge on any atom is -0.135 e. The van der Waals surface area contributed by atoms with E-state index in [1.165, 1.54) is 174 Å². The van der Waals surface area contributed by atoms with Gasteiger partial charge in [0.2, 0.25) is 0 Å². The molecule has 0 radical (unpaired) electrons. The molecule has 2 heteroatoms. The zero-order valence-electron chi connectivity index (χ0n) is 68.7. The molecule has 0 N–H and O–H groups in total. The van der Waals surface area contributed by atoms with Crippen LogP contribution in [0.25, 0.3) is 129 Å². The van der Waals surface area contributed by atoms with Gasteiger partial charge in [0.05, 0.1) is 0 Å². The summed E-state index contributed by atoms with van der Waals surface area (Å²) in [5, 5.41) is 5.55. The molecule has 0 aliphatic rings. The van der Waals surface area contributed by atoms with Crippen LogP contribution in [0.5, 0.6) is 0 Å². The Bertz CT molecular complexity index is 6420. The quantitative estimate of drug-likeness (QED) is 0.142. The Kier molecular flexibility index (Phi) is 29.4. The first-order chi connectivity index (χ1) is 57.8. The van der Waals surface area contributed by atoms with E-state index in [1.807, 2.05) is 71.2 Å². The number of thiophene rings is 2. The molecule has 0 spiro atoms. The molecule has 2 aromatic heterocycles. The molecule has 0 aliphatic carbocycles. The van der Waals surface area contributed by atoms with Crippen molar-refractivity contribution in [3.8, 4) is 89.0 Å². The number of rotatable bonds is 8. The summed E-state index contributed by atoms with van der Waals surface area (Å²) in [5.74, 6) is 0. The van der Waals surface area contributed by atoms with Crippen LogP contribution in [0.15, 0.2) is 461 Å². The second kappa shape index (κ2) is 42.1. The van der Waals surface area contributed by atoms with Crippen LogP contribution in [-0.4, -0.2) is 0 Å². The Morgan fingerprint density at radius 2 is 0.314 bits per heavy atom. The molecule has 0 atom stereocenters. The lowest BCUT2D eigenvalue weighted by Gasteiger charge is -2.06. The van der Waals surface area contributed by atoms with Crippen molar-refractivity contribution in [2.75, 3.05) is 0 Å². The van der Waals surface area contributed by atoms with Crippen molar-refractivity contribution in [2.45, 2.75) is 55.4 Å². The summed E-state index contributed by atoms with van der Waals surface area (Å²) < 4.78 is 5.55. The van der Waals surface area contributed by atoms with Crippen LogP contribution in [0.3, 0.4) is 0 Å². The minimum atomic E-state index is 1.26. The van der Waals surface area contributed by atoms with Crippen molar-refractivity contribution in [3.05, 3.63) is 506 Å². The maximum atomic E-state index is 2.27. The molecular formula is C116H100S2. The van der Waals surface area contributed by atoms with Crippen LogP contribution in [0.1, 0.15) is 44.5 Å². The average Bonchev–Trinajstić information content (AvgIpc) is 1.67. The number of aryl methyl sites for hydroxylation is 8. The molecule has 576 valence electrons. The van der Waals surface area contributed by atoms with Gasteiger partial charge in [-0.2, -0.15) is 0 Å². The fourth-order valence-electron chi connectivity index (χ4n) is 13.9. The molecule has 0 saturated heterocycles. The van der Waals surface area contributed by atoms with Gasteiger partial charge in [-0.05, 0) is 186 Å². The molecule has 0 bridgehead atoms. The second-order valence-electron chi connectivity index (χ2n) is 29.8.